The molecule has 0 amide bonds. The van der Waals surface area contributed by atoms with Crippen molar-refractivity contribution in [1.82, 2.24) is 24.4 Å². The molecule has 5 rings (SSSR count). The number of nitrogens with zero attached hydrogens (tertiary/aromatic N) is 7. The summed E-state index contributed by atoms with van der Waals surface area (Å²) in [5.74, 6) is 2.01. The van der Waals surface area contributed by atoms with E-state index in [-0.39, 0.29) is 12.5 Å². The molecule has 9 heteroatoms. The van der Waals surface area contributed by atoms with E-state index in [0.717, 1.165) is 37.8 Å². The van der Waals surface area contributed by atoms with Crippen molar-refractivity contribution in [2.75, 3.05) is 43.4 Å². The van der Waals surface area contributed by atoms with Gasteiger partial charge in [0.1, 0.15) is 23.1 Å². The number of likely N-dealkylation sites (N-methyl/N-ethyl adjacent to an activating group) is 1. The van der Waals surface area contributed by atoms with E-state index < -0.39 is 0 Å². The Balaban J connectivity index is 0.000000429. The summed E-state index contributed by atoms with van der Waals surface area (Å²) in [4.78, 5) is 29.9. The summed E-state index contributed by atoms with van der Waals surface area (Å²) >= 11 is 0. The third kappa shape index (κ3) is 5.51. The molecule has 1 aliphatic carbocycles. The maximum Gasteiger partial charge on any atom is 0.269 e. The lowest BCUT2D eigenvalue weighted by atomic mass is 10.2. The number of hydrogen-bond donors (Lipinski definition) is 1. The average molecular weight is 463 g/mol. The summed E-state index contributed by atoms with van der Waals surface area (Å²) in [5.41, 5.74) is 1.23. The lowest BCUT2D eigenvalue weighted by Gasteiger charge is -2.33. The molecule has 9 nitrogen and oxygen atoms in total. The highest BCUT2D eigenvalue weighted by molar-refractivity contribution is 5.77. The van der Waals surface area contributed by atoms with Gasteiger partial charge in [-0.1, -0.05) is 32.6 Å². The molecule has 1 saturated carbocycles. The highest BCUT2D eigenvalue weighted by Crippen LogP contribution is 2.23. The number of aromatic nitrogens is 4. The van der Waals surface area contributed by atoms with Crippen molar-refractivity contribution >= 4 is 28.5 Å². The van der Waals surface area contributed by atoms with E-state index in [1.165, 1.54) is 36.3 Å². The smallest absolute Gasteiger partial charge is 0.269 e. The number of hydrogen-bond acceptors (Lipinski definition) is 8. The first-order valence-corrected chi connectivity index (χ1v) is 11.9. The van der Waals surface area contributed by atoms with Gasteiger partial charge in [0.15, 0.2) is 0 Å². The largest absolute Gasteiger partial charge is 0.368 e. The summed E-state index contributed by atoms with van der Waals surface area (Å²) in [6, 6.07) is 7.31. The van der Waals surface area contributed by atoms with Crippen LogP contribution in [0.1, 0.15) is 39.6 Å². The molecule has 34 heavy (non-hydrogen) atoms. The minimum atomic E-state index is -0.380. The quantitative estimate of drug-likeness (QED) is 0.631. The highest BCUT2D eigenvalue weighted by atomic mass is 16.1. The van der Waals surface area contributed by atoms with E-state index in [9.17, 15) is 4.79 Å². The van der Waals surface area contributed by atoms with Gasteiger partial charge >= 0.3 is 0 Å². The molecule has 0 spiro atoms. The number of fused-ring (bicyclic) bond motifs is 1. The molecule has 180 valence electrons. The number of rotatable bonds is 3. The van der Waals surface area contributed by atoms with Crippen LogP contribution in [-0.4, -0.2) is 57.6 Å². The summed E-state index contributed by atoms with van der Waals surface area (Å²) in [6.45, 7) is 6.39. The lowest BCUT2D eigenvalue weighted by molar-refractivity contribution is 0.313. The topological polar surface area (TPSA) is 103 Å². The Morgan fingerprint density at radius 3 is 2.41 bits per heavy atom. The van der Waals surface area contributed by atoms with E-state index in [1.54, 1.807) is 13.2 Å². The van der Waals surface area contributed by atoms with Gasteiger partial charge in [-0.3, -0.25) is 9.36 Å². The fourth-order valence-electron chi connectivity index (χ4n) is 4.34. The van der Waals surface area contributed by atoms with Crippen LogP contribution < -0.4 is 15.8 Å². The zero-order chi connectivity index (χ0) is 24.1. The molecule has 1 N–H and O–H groups in total. The van der Waals surface area contributed by atoms with Crippen molar-refractivity contribution in [2.45, 2.75) is 32.6 Å². The molecule has 0 bridgehead atoms. The predicted molar refractivity (Wildman–Crippen MR) is 136 cm³/mol. The first-order chi connectivity index (χ1) is 16.4. The van der Waals surface area contributed by atoms with Crippen molar-refractivity contribution in [2.24, 2.45) is 13.0 Å². The summed E-state index contributed by atoms with van der Waals surface area (Å²) in [5, 5.41) is 12.7. The molecule has 0 radical (unpaired) electrons. The van der Waals surface area contributed by atoms with Crippen LogP contribution in [0.3, 0.4) is 0 Å². The van der Waals surface area contributed by atoms with Crippen LogP contribution in [0.5, 0.6) is 0 Å². The second kappa shape index (κ2) is 10.6. The number of pyridine rings is 2. The van der Waals surface area contributed by atoms with Gasteiger partial charge in [0.05, 0.1) is 11.9 Å². The molecule has 0 atom stereocenters. The van der Waals surface area contributed by atoms with Gasteiger partial charge in [0.25, 0.3) is 5.56 Å². The average Bonchev–Trinajstić information content (AvgIpc) is 3.34. The van der Waals surface area contributed by atoms with Crippen LogP contribution in [0.25, 0.3) is 11.0 Å². The van der Waals surface area contributed by atoms with Crippen molar-refractivity contribution in [3.05, 3.63) is 46.5 Å². The van der Waals surface area contributed by atoms with Gasteiger partial charge in [-0.15, -0.1) is 0 Å². The van der Waals surface area contributed by atoms with Crippen molar-refractivity contribution in [3.8, 4) is 6.07 Å². The summed E-state index contributed by atoms with van der Waals surface area (Å²) in [6.07, 6.45) is 9.37. The van der Waals surface area contributed by atoms with Gasteiger partial charge in [-0.05, 0) is 31.2 Å². The molecular formula is C25H34N8O. The molecule has 1 saturated heterocycles. The molecular weight excluding hydrogens is 428 g/mol. The van der Waals surface area contributed by atoms with Crippen molar-refractivity contribution in [3.63, 3.8) is 0 Å². The monoisotopic (exact) mass is 462 g/mol. The first kappa shape index (κ1) is 23.6. The molecule has 2 fully saturated rings. The van der Waals surface area contributed by atoms with Gasteiger partial charge < -0.3 is 15.1 Å². The first-order valence-electron chi connectivity index (χ1n) is 11.9. The zero-order valence-electron chi connectivity index (χ0n) is 20.2. The predicted octanol–water partition coefficient (Wildman–Crippen LogP) is 3.53. The van der Waals surface area contributed by atoms with Crippen LogP contribution in [-0.2, 0) is 7.05 Å². The number of nitriles is 1. The Morgan fingerprint density at radius 1 is 1.09 bits per heavy atom. The van der Waals surface area contributed by atoms with E-state index in [1.807, 2.05) is 24.4 Å². The molecule has 3 aromatic rings. The Kier molecular flexibility index (Phi) is 7.38. The fourth-order valence-corrected chi connectivity index (χ4v) is 4.34. The van der Waals surface area contributed by atoms with Crippen LogP contribution in [0.4, 0.5) is 17.5 Å². The minimum absolute atomic E-state index is 0. The minimum Gasteiger partial charge on any atom is -0.368 e. The van der Waals surface area contributed by atoms with Gasteiger partial charge in [-0.2, -0.15) is 10.2 Å². The van der Waals surface area contributed by atoms with E-state index in [4.69, 9.17) is 5.26 Å². The second-order valence-corrected chi connectivity index (χ2v) is 9.21. The Morgan fingerprint density at radius 2 is 1.82 bits per heavy atom. The maximum absolute atomic E-state index is 12.1. The van der Waals surface area contributed by atoms with Crippen LogP contribution in [0, 0.1) is 17.2 Å². The fraction of sp³-hybridized carbons (Fsp3) is 0.480. The van der Waals surface area contributed by atoms with E-state index >= 15 is 0 Å². The highest BCUT2D eigenvalue weighted by Gasteiger charge is 2.15. The standard InChI is InChI=1S/C19H20N8O.C6H12.H2/c1-25-5-7-27(8-6-25)15-3-4-16(21-12-15)23-19-22-11-14-9-13(10-20)18(28)26(2)17(14)24-19;1-6-4-2-3-5-6;/h3-4,9,11-12H,5-8H2,1-2H3,(H,21,22,23,24);6H,2-5H2,1H3;1H. The molecule has 3 aromatic heterocycles. The summed E-state index contributed by atoms with van der Waals surface area (Å²) < 4.78 is 1.35. The molecule has 1 aliphatic heterocycles. The molecule has 2 aliphatic rings. The zero-order valence-corrected chi connectivity index (χ0v) is 20.2. The number of aryl methyl sites for hydroxylation is 1. The summed E-state index contributed by atoms with van der Waals surface area (Å²) in [7, 11) is 3.72. The number of anilines is 3. The van der Waals surface area contributed by atoms with Crippen LogP contribution in [0.2, 0.25) is 0 Å². The van der Waals surface area contributed by atoms with Crippen LogP contribution >= 0.6 is 0 Å². The van der Waals surface area contributed by atoms with Crippen molar-refractivity contribution in [1.29, 1.82) is 5.26 Å². The third-order valence-corrected chi connectivity index (χ3v) is 6.57. The normalized spacial score (nSPS) is 16.7. The Hall–Kier alpha value is -3.51. The van der Waals surface area contributed by atoms with Crippen LogP contribution in [0.15, 0.2) is 35.4 Å². The van der Waals surface area contributed by atoms with Crippen molar-refractivity contribution < 1.29 is 1.43 Å². The Bertz CT molecular complexity index is 1220. The maximum atomic E-state index is 12.1. The molecule has 4 heterocycles. The SMILES string of the molecule is CC1CCCC1.CN1CCN(c2ccc(Nc3ncc4cc(C#N)c(=O)n(C)c4n3)nc2)CC1.[HH]. The molecule has 0 aromatic carbocycles. The lowest BCUT2D eigenvalue weighted by Crippen LogP contribution is -2.44. The van der Waals surface area contributed by atoms with E-state index in [2.05, 4.69) is 44.0 Å². The molecule has 0 unspecified atom stereocenters. The number of nitrogens with one attached hydrogen (secondary N) is 1. The van der Waals surface area contributed by atoms with E-state index in [0.29, 0.717) is 22.8 Å². The third-order valence-electron chi connectivity index (χ3n) is 6.57. The second-order valence-electron chi connectivity index (χ2n) is 9.21. The van der Waals surface area contributed by atoms with Gasteiger partial charge in [0, 0.05) is 46.2 Å². The van der Waals surface area contributed by atoms with Gasteiger partial charge in [0.2, 0.25) is 5.95 Å². The van der Waals surface area contributed by atoms with Gasteiger partial charge in [-0.25, -0.2) is 9.97 Å². The number of piperazine rings is 1. The Labute approximate surface area is 201 Å².